The average molecular weight is 240 g/mol. The van der Waals surface area contributed by atoms with Crippen molar-refractivity contribution in [2.45, 2.75) is 69.1 Å². The Kier molecular flexibility index (Phi) is 4.08. The van der Waals surface area contributed by atoms with Gasteiger partial charge in [0.1, 0.15) is 0 Å². The number of hydrogen-bond donors (Lipinski definition) is 4. The molecular weight excluding hydrogens is 212 g/mol. The normalized spacial score (nSPS) is 40.2. The smallest absolute Gasteiger partial charge is 0.0694 e. The lowest BCUT2D eigenvalue weighted by Gasteiger charge is -2.45. The number of hydrogen-bond acceptors (Lipinski definition) is 4. The third-order valence-electron chi connectivity index (χ3n) is 4.96. The van der Waals surface area contributed by atoms with Gasteiger partial charge in [0.15, 0.2) is 0 Å². The van der Waals surface area contributed by atoms with Crippen LogP contribution in [0.5, 0.6) is 0 Å². The molecule has 2 fully saturated rings. The SMILES string of the molecule is NC1CCC(C(N)(N)C2CCC(N)CC2)CC1. The third kappa shape index (κ3) is 2.99. The minimum absolute atomic E-state index is 0.363. The summed E-state index contributed by atoms with van der Waals surface area (Å²) in [6, 6.07) is 0.726. The monoisotopic (exact) mass is 240 g/mol. The summed E-state index contributed by atoms with van der Waals surface area (Å²) in [5.41, 5.74) is 24.3. The molecular formula is C13H28N4. The third-order valence-corrected chi connectivity index (χ3v) is 4.96. The van der Waals surface area contributed by atoms with Gasteiger partial charge in [-0.3, -0.25) is 0 Å². The van der Waals surface area contributed by atoms with E-state index in [1.54, 1.807) is 0 Å². The molecule has 100 valence electrons. The van der Waals surface area contributed by atoms with Crippen LogP contribution in [0.25, 0.3) is 0 Å². The molecule has 0 bridgehead atoms. The first kappa shape index (κ1) is 13.3. The molecule has 2 aliphatic carbocycles. The van der Waals surface area contributed by atoms with Crippen molar-refractivity contribution in [1.82, 2.24) is 0 Å². The molecule has 0 aromatic heterocycles. The van der Waals surface area contributed by atoms with E-state index in [4.69, 9.17) is 22.9 Å². The van der Waals surface area contributed by atoms with Crippen LogP contribution in [0.2, 0.25) is 0 Å². The van der Waals surface area contributed by atoms with Gasteiger partial charge in [0, 0.05) is 12.1 Å². The van der Waals surface area contributed by atoms with Gasteiger partial charge in [0.2, 0.25) is 0 Å². The lowest BCUT2D eigenvalue weighted by Crippen LogP contribution is -2.62. The van der Waals surface area contributed by atoms with Crippen LogP contribution in [0.3, 0.4) is 0 Å². The van der Waals surface area contributed by atoms with E-state index in [2.05, 4.69) is 0 Å². The second-order valence-corrected chi connectivity index (χ2v) is 6.22. The predicted octanol–water partition coefficient (Wildman–Crippen LogP) is 0.635. The summed E-state index contributed by atoms with van der Waals surface area (Å²) in [4.78, 5) is 0. The molecule has 0 aromatic carbocycles. The van der Waals surface area contributed by atoms with Crippen LogP contribution in [0.15, 0.2) is 0 Å². The molecule has 0 heterocycles. The molecule has 2 saturated carbocycles. The quantitative estimate of drug-likeness (QED) is 0.531. The van der Waals surface area contributed by atoms with Gasteiger partial charge in [-0.15, -0.1) is 0 Å². The Hall–Kier alpha value is -0.160. The van der Waals surface area contributed by atoms with Crippen molar-refractivity contribution in [2.75, 3.05) is 0 Å². The van der Waals surface area contributed by atoms with Crippen molar-refractivity contribution in [3.8, 4) is 0 Å². The van der Waals surface area contributed by atoms with Crippen LogP contribution in [0.4, 0.5) is 0 Å². The Labute approximate surface area is 104 Å². The Bertz CT molecular complexity index is 214. The van der Waals surface area contributed by atoms with Crippen molar-refractivity contribution >= 4 is 0 Å². The summed E-state index contributed by atoms with van der Waals surface area (Å²) in [5.74, 6) is 0.892. The summed E-state index contributed by atoms with van der Waals surface area (Å²) in [6.45, 7) is 0. The summed E-state index contributed by atoms with van der Waals surface area (Å²) < 4.78 is 0. The molecule has 0 saturated heterocycles. The molecule has 0 aromatic rings. The van der Waals surface area contributed by atoms with E-state index in [9.17, 15) is 0 Å². The van der Waals surface area contributed by atoms with Crippen LogP contribution < -0.4 is 22.9 Å². The highest BCUT2D eigenvalue weighted by molar-refractivity contribution is 4.96. The highest BCUT2D eigenvalue weighted by Gasteiger charge is 2.40. The van der Waals surface area contributed by atoms with Gasteiger partial charge in [0.05, 0.1) is 5.66 Å². The molecule has 0 unspecified atom stereocenters. The fourth-order valence-electron chi connectivity index (χ4n) is 3.57. The van der Waals surface area contributed by atoms with Crippen LogP contribution in [-0.2, 0) is 0 Å². The maximum Gasteiger partial charge on any atom is 0.0694 e. The fourth-order valence-corrected chi connectivity index (χ4v) is 3.57. The lowest BCUT2D eigenvalue weighted by molar-refractivity contribution is 0.102. The molecule has 0 aliphatic heterocycles. The van der Waals surface area contributed by atoms with E-state index in [1.165, 1.54) is 0 Å². The molecule has 4 heteroatoms. The summed E-state index contributed by atoms with van der Waals surface area (Å²) in [5, 5.41) is 0. The van der Waals surface area contributed by atoms with Crippen molar-refractivity contribution in [1.29, 1.82) is 0 Å². The van der Waals surface area contributed by atoms with Crippen molar-refractivity contribution in [2.24, 2.45) is 34.8 Å². The Morgan fingerprint density at radius 3 is 1.18 bits per heavy atom. The van der Waals surface area contributed by atoms with E-state index in [1.807, 2.05) is 0 Å². The molecule has 0 spiro atoms. The van der Waals surface area contributed by atoms with Crippen molar-refractivity contribution in [3.05, 3.63) is 0 Å². The maximum absolute atomic E-state index is 6.45. The first-order valence-electron chi connectivity index (χ1n) is 7.09. The molecule has 4 nitrogen and oxygen atoms in total. The van der Waals surface area contributed by atoms with E-state index >= 15 is 0 Å². The Balaban J connectivity index is 1.93. The first-order valence-corrected chi connectivity index (χ1v) is 7.09. The van der Waals surface area contributed by atoms with Crippen molar-refractivity contribution in [3.63, 3.8) is 0 Å². The summed E-state index contributed by atoms with van der Waals surface area (Å²) in [6.07, 6.45) is 8.68. The molecule has 2 aliphatic rings. The summed E-state index contributed by atoms with van der Waals surface area (Å²) >= 11 is 0. The molecule has 0 amide bonds. The summed E-state index contributed by atoms with van der Waals surface area (Å²) in [7, 11) is 0. The first-order chi connectivity index (χ1) is 8.00. The van der Waals surface area contributed by atoms with Crippen LogP contribution >= 0.6 is 0 Å². The zero-order chi connectivity index (χ0) is 12.5. The highest BCUT2D eigenvalue weighted by Crippen LogP contribution is 2.38. The van der Waals surface area contributed by atoms with E-state index in [-0.39, 0.29) is 0 Å². The van der Waals surface area contributed by atoms with Crippen LogP contribution in [-0.4, -0.2) is 17.7 Å². The molecule has 17 heavy (non-hydrogen) atoms. The van der Waals surface area contributed by atoms with Gasteiger partial charge >= 0.3 is 0 Å². The van der Waals surface area contributed by atoms with Gasteiger partial charge in [0.25, 0.3) is 0 Å². The topological polar surface area (TPSA) is 104 Å². The second-order valence-electron chi connectivity index (χ2n) is 6.22. The average Bonchev–Trinajstić information content (AvgIpc) is 2.30. The van der Waals surface area contributed by atoms with E-state index < -0.39 is 5.66 Å². The lowest BCUT2D eigenvalue weighted by atomic mass is 9.69. The van der Waals surface area contributed by atoms with Crippen LogP contribution in [0.1, 0.15) is 51.4 Å². The van der Waals surface area contributed by atoms with Gasteiger partial charge in [-0.25, -0.2) is 0 Å². The predicted molar refractivity (Wildman–Crippen MR) is 71.0 cm³/mol. The maximum atomic E-state index is 6.45. The van der Waals surface area contributed by atoms with Gasteiger partial charge in [-0.2, -0.15) is 0 Å². The standard InChI is InChI=1S/C13H28N4/c14-11-5-1-9(2-6-11)13(16,17)10-3-7-12(15)8-4-10/h9-12H,1-8,14-17H2. The van der Waals surface area contributed by atoms with E-state index in [0.29, 0.717) is 23.9 Å². The second kappa shape index (κ2) is 5.22. The minimum atomic E-state index is -0.500. The zero-order valence-electron chi connectivity index (χ0n) is 10.8. The fraction of sp³-hybridized carbons (Fsp3) is 1.00. The minimum Gasteiger partial charge on any atom is -0.328 e. The van der Waals surface area contributed by atoms with Gasteiger partial charge < -0.3 is 22.9 Å². The number of rotatable bonds is 2. The molecule has 8 N–H and O–H groups in total. The van der Waals surface area contributed by atoms with Gasteiger partial charge in [-0.1, -0.05) is 0 Å². The molecule has 2 rings (SSSR count). The molecule has 0 radical (unpaired) electrons. The van der Waals surface area contributed by atoms with Crippen molar-refractivity contribution < 1.29 is 0 Å². The zero-order valence-corrected chi connectivity index (χ0v) is 10.8. The molecule has 0 atom stereocenters. The highest BCUT2D eigenvalue weighted by atomic mass is 15.0. The largest absolute Gasteiger partial charge is 0.328 e. The van der Waals surface area contributed by atoms with Gasteiger partial charge in [-0.05, 0) is 63.2 Å². The van der Waals surface area contributed by atoms with Crippen LogP contribution in [0, 0.1) is 11.8 Å². The Morgan fingerprint density at radius 1 is 0.588 bits per heavy atom. The number of nitrogens with two attached hydrogens (primary N) is 4. The Morgan fingerprint density at radius 2 is 0.882 bits per heavy atom. The van der Waals surface area contributed by atoms with E-state index in [0.717, 1.165) is 51.4 Å².